The first kappa shape index (κ1) is 19.4. The number of allylic oxidation sites excluding steroid dienone is 2. The van der Waals surface area contributed by atoms with Crippen LogP contribution in [0.15, 0.2) is 48.6 Å². The van der Waals surface area contributed by atoms with Crippen molar-refractivity contribution in [3.63, 3.8) is 0 Å². The summed E-state index contributed by atoms with van der Waals surface area (Å²) in [5.74, 6) is -0.545. The molecule has 0 aromatic heterocycles. The Kier molecular flexibility index (Phi) is 5.03. The molecular formula is C25H28N2O2. The number of hydrogen-bond acceptors (Lipinski definition) is 2. The van der Waals surface area contributed by atoms with Gasteiger partial charge in [0.2, 0.25) is 11.8 Å². The van der Waals surface area contributed by atoms with Gasteiger partial charge in [0.1, 0.15) is 0 Å². The van der Waals surface area contributed by atoms with Gasteiger partial charge in [0, 0.05) is 11.4 Å². The minimum Gasteiger partial charge on any atom is -0.326 e. The lowest BCUT2D eigenvalue weighted by atomic mass is 9.81. The molecule has 4 heteroatoms. The van der Waals surface area contributed by atoms with E-state index in [2.05, 4.69) is 36.6 Å². The number of nitrogens with one attached hydrogen (secondary N) is 2. The molecule has 2 amide bonds. The van der Waals surface area contributed by atoms with Crippen molar-refractivity contribution < 1.29 is 9.59 Å². The Bertz CT molecular complexity index is 928. The third kappa shape index (κ3) is 3.71. The van der Waals surface area contributed by atoms with E-state index in [0.717, 1.165) is 28.9 Å². The molecule has 2 aliphatic carbocycles. The Hall–Kier alpha value is -2.88. The lowest BCUT2D eigenvalue weighted by Crippen LogP contribution is -2.39. The van der Waals surface area contributed by atoms with Gasteiger partial charge in [0.25, 0.3) is 0 Å². The van der Waals surface area contributed by atoms with Crippen LogP contribution in [-0.4, -0.2) is 11.8 Å². The van der Waals surface area contributed by atoms with E-state index in [9.17, 15) is 9.59 Å². The van der Waals surface area contributed by atoms with Crippen LogP contribution in [-0.2, 0) is 9.59 Å². The molecule has 29 heavy (non-hydrogen) atoms. The standard InChI is InChI=1S/C25H28N2O2/c1-14-5-9-20(11-16(14)3)26-24(28)22-18-7-8-19(13-18)23(22)25(29)27-21-10-6-15(2)17(4)12-21/h5-12,18-19,22-23H,13H2,1-4H3,(H,26,28)(H,27,29)/t18-,19-,22+,23+/m0/s1. The largest absolute Gasteiger partial charge is 0.326 e. The summed E-state index contributed by atoms with van der Waals surface area (Å²) in [6, 6.07) is 11.8. The summed E-state index contributed by atoms with van der Waals surface area (Å²) in [6.07, 6.45) is 5.08. The van der Waals surface area contributed by atoms with Crippen LogP contribution in [0.25, 0.3) is 0 Å². The molecule has 0 saturated heterocycles. The molecular weight excluding hydrogens is 360 g/mol. The number of aryl methyl sites for hydroxylation is 4. The van der Waals surface area contributed by atoms with E-state index >= 15 is 0 Å². The number of hydrogen-bond donors (Lipinski definition) is 2. The molecule has 1 saturated carbocycles. The second-order valence-electron chi connectivity index (χ2n) is 8.58. The molecule has 2 aromatic carbocycles. The quantitative estimate of drug-likeness (QED) is 0.729. The summed E-state index contributed by atoms with van der Waals surface area (Å²) >= 11 is 0. The minimum absolute atomic E-state index is 0.0645. The molecule has 4 rings (SSSR count). The van der Waals surface area contributed by atoms with E-state index in [1.807, 2.05) is 50.2 Å². The summed E-state index contributed by atoms with van der Waals surface area (Å²) in [7, 11) is 0. The van der Waals surface area contributed by atoms with E-state index in [-0.39, 0.29) is 35.5 Å². The molecule has 0 radical (unpaired) electrons. The summed E-state index contributed by atoms with van der Waals surface area (Å²) in [6.45, 7) is 8.17. The highest BCUT2D eigenvalue weighted by atomic mass is 16.2. The maximum atomic E-state index is 13.1. The van der Waals surface area contributed by atoms with Crippen LogP contribution in [0, 0.1) is 51.4 Å². The number of carbonyl (C=O) groups is 2. The average molecular weight is 389 g/mol. The zero-order chi connectivity index (χ0) is 20.7. The lowest BCUT2D eigenvalue weighted by Gasteiger charge is -2.26. The molecule has 2 aromatic rings. The molecule has 0 aliphatic heterocycles. The van der Waals surface area contributed by atoms with E-state index in [4.69, 9.17) is 0 Å². The van der Waals surface area contributed by atoms with Gasteiger partial charge in [0.15, 0.2) is 0 Å². The van der Waals surface area contributed by atoms with Crippen molar-refractivity contribution in [2.75, 3.05) is 10.6 Å². The summed E-state index contributed by atoms with van der Waals surface area (Å²) in [4.78, 5) is 26.3. The molecule has 4 nitrogen and oxygen atoms in total. The number of fused-ring (bicyclic) bond motifs is 2. The van der Waals surface area contributed by atoms with Gasteiger partial charge in [-0.1, -0.05) is 24.3 Å². The third-order valence-electron chi connectivity index (χ3n) is 6.61. The van der Waals surface area contributed by atoms with Crippen LogP contribution in [0.2, 0.25) is 0 Å². The average Bonchev–Trinajstić information content (AvgIpc) is 3.29. The van der Waals surface area contributed by atoms with E-state index in [1.54, 1.807) is 0 Å². The van der Waals surface area contributed by atoms with Crippen LogP contribution in [0.1, 0.15) is 28.7 Å². The van der Waals surface area contributed by atoms with Gasteiger partial charge in [0.05, 0.1) is 11.8 Å². The van der Waals surface area contributed by atoms with Gasteiger partial charge in [-0.3, -0.25) is 9.59 Å². The maximum Gasteiger partial charge on any atom is 0.228 e. The van der Waals surface area contributed by atoms with Crippen LogP contribution < -0.4 is 10.6 Å². The van der Waals surface area contributed by atoms with Crippen LogP contribution >= 0.6 is 0 Å². The van der Waals surface area contributed by atoms with Gasteiger partial charge in [-0.15, -0.1) is 0 Å². The summed E-state index contributed by atoms with van der Waals surface area (Å²) < 4.78 is 0. The minimum atomic E-state index is -0.335. The Morgan fingerprint density at radius 3 is 1.48 bits per heavy atom. The van der Waals surface area contributed by atoms with Crippen LogP contribution in [0.4, 0.5) is 11.4 Å². The predicted octanol–water partition coefficient (Wildman–Crippen LogP) is 4.94. The number of amides is 2. The Labute approximate surface area is 172 Å². The number of benzene rings is 2. The zero-order valence-corrected chi connectivity index (χ0v) is 17.5. The fraction of sp³-hybridized carbons (Fsp3) is 0.360. The van der Waals surface area contributed by atoms with Crippen molar-refractivity contribution in [3.05, 3.63) is 70.8 Å². The van der Waals surface area contributed by atoms with Gasteiger partial charge in [-0.05, 0) is 92.5 Å². The van der Waals surface area contributed by atoms with Crippen LogP contribution in [0.3, 0.4) is 0 Å². The highest BCUT2D eigenvalue weighted by Crippen LogP contribution is 2.48. The fourth-order valence-corrected chi connectivity index (χ4v) is 4.63. The topological polar surface area (TPSA) is 58.2 Å². The maximum absolute atomic E-state index is 13.1. The molecule has 2 bridgehead atoms. The van der Waals surface area contributed by atoms with Crippen molar-refractivity contribution in [2.24, 2.45) is 23.7 Å². The SMILES string of the molecule is Cc1ccc(NC(=O)[C@H]2[C@H](C(=O)Nc3ccc(C)c(C)c3)[C@H]3C=C[C@H]2C3)cc1C. The Balaban J connectivity index is 1.53. The molecule has 0 spiro atoms. The number of carbonyl (C=O) groups excluding carboxylic acids is 2. The normalized spacial score (nSPS) is 24.6. The van der Waals surface area contributed by atoms with Crippen molar-refractivity contribution in [1.82, 2.24) is 0 Å². The Morgan fingerprint density at radius 2 is 1.10 bits per heavy atom. The molecule has 2 aliphatic rings. The van der Waals surface area contributed by atoms with Crippen molar-refractivity contribution in [2.45, 2.75) is 34.1 Å². The first-order valence-corrected chi connectivity index (χ1v) is 10.3. The highest BCUT2D eigenvalue weighted by molar-refractivity contribution is 6.01. The van der Waals surface area contributed by atoms with Gasteiger partial charge >= 0.3 is 0 Å². The van der Waals surface area contributed by atoms with Gasteiger partial charge in [-0.2, -0.15) is 0 Å². The smallest absolute Gasteiger partial charge is 0.228 e. The molecule has 4 atom stereocenters. The van der Waals surface area contributed by atoms with Gasteiger partial charge in [-0.25, -0.2) is 0 Å². The monoisotopic (exact) mass is 388 g/mol. The summed E-state index contributed by atoms with van der Waals surface area (Å²) in [5.41, 5.74) is 6.24. The third-order valence-corrected chi connectivity index (χ3v) is 6.61. The van der Waals surface area contributed by atoms with E-state index in [0.29, 0.717) is 0 Å². The first-order chi connectivity index (χ1) is 13.8. The number of anilines is 2. The second kappa shape index (κ2) is 7.51. The van der Waals surface area contributed by atoms with Gasteiger partial charge < -0.3 is 10.6 Å². The highest BCUT2D eigenvalue weighted by Gasteiger charge is 2.51. The van der Waals surface area contributed by atoms with Crippen LogP contribution in [0.5, 0.6) is 0 Å². The predicted molar refractivity (Wildman–Crippen MR) is 117 cm³/mol. The van der Waals surface area contributed by atoms with E-state index in [1.165, 1.54) is 11.1 Å². The molecule has 0 unspecified atom stereocenters. The van der Waals surface area contributed by atoms with E-state index < -0.39 is 0 Å². The summed E-state index contributed by atoms with van der Waals surface area (Å²) in [5, 5.41) is 6.10. The molecule has 2 N–H and O–H groups in total. The molecule has 0 heterocycles. The van der Waals surface area contributed by atoms with Crippen molar-refractivity contribution in [1.29, 1.82) is 0 Å². The van der Waals surface area contributed by atoms with Crippen molar-refractivity contribution in [3.8, 4) is 0 Å². The lowest BCUT2D eigenvalue weighted by molar-refractivity contribution is -0.129. The van der Waals surface area contributed by atoms with Crippen molar-refractivity contribution >= 4 is 23.2 Å². The zero-order valence-electron chi connectivity index (χ0n) is 17.5. The fourth-order valence-electron chi connectivity index (χ4n) is 4.63. The molecule has 1 fully saturated rings. The molecule has 150 valence electrons. The number of rotatable bonds is 4. The second-order valence-corrected chi connectivity index (χ2v) is 8.58. The Morgan fingerprint density at radius 1 is 0.690 bits per heavy atom. The first-order valence-electron chi connectivity index (χ1n) is 10.3.